The molecule has 2 N–H and O–H groups in total. The van der Waals surface area contributed by atoms with Gasteiger partial charge in [-0.3, -0.25) is 0 Å². The number of hydrogen-bond acceptors (Lipinski definition) is 4. The van der Waals surface area contributed by atoms with Gasteiger partial charge in [-0.25, -0.2) is 4.99 Å². The lowest BCUT2D eigenvalue weighted by molar-refractivity contribution is 0.110. The number of halogens is 1. The summed E-state index contributed by atoms with van der Waals surface area (Å²) in [5, 5.41) is 6.84. The first-order valence-corrected chi connectivity index (χ1v) is 10.1. The Kier molecular flexibility index (Phi) is 12.5. The molecule has 1 aromatic rings. The highest BCUT2D eigenvalue weighted by Gasteiger charge is 2.19. The van der Waals surface area contributed by atoms with Gasteiger partial charge in [0.1, 0.15) is 12.4 Å². The molecule has 1 saturated heterocycles. The molecule has 1 heterocycles. The number of aryl methyl sites for hydroxylation is 1. The van der Waals surface area contributed by atoms with Crippen molar-refractivity contribution in [3.8, 4) is 5.75 Å². The summed E-state index contributed by atoms with van der Waals surface area (Å²) in [6.07, 6.45) is 1.25. The lowest BCUT2D eigenvalue weighted by Gasteiger charge is -2.16. The SMILES string of the molecule is CCNC(=NCc1ccc(C)cc1OCCOCC)NCC1CCN(C)C1.I. The van der Waals surface area contributed by atoms with E-state index in [0.29, 0.717) is 32.3 Å². The molecule has 1 atom stereocenters. The van der Waals surface area contributed by atoms with Gasteiger partial charge in [-0.15, -0.1) is 24.0 Å². The monoisotopic (exact) mass is 504 g/mol. The quantitative estimate of drug-likeness (QED) is 0.222. The molecule has 0 aliphatic carbocycles. The van der Waals surface area contributed by atoms with Gasteiger partial charge in [0.05, 0.1) is 13.2 Å². The van der Waals surface area contributed by atoms with E-state index in [4.69, 9.17) is 14.5 Å². The van der Waals surface area contributed by atoms with Crippen molar-refractivity contribution in [2.24, 2.45) is 10.9 Å². The molecule has 0 bridgehead atoms. The van der Waals surface area contributed by atoms with E-state index in [2.05, 4.69) is 54.6 Å². The zero-order valence-corrected chi connectivity index (χ0v) is 20.1. The Balaban J connectivity index is 0.00000392. The smallest absolute Gasteiger partial charge is 0.191 e. The predicted molar refractivity (Wildman–Crippen MR) is 127 cm³/mol. The minimum absolute atomic E-state index is 0. The molecule has 0 amide bonds. The second-order valence-corrected chi connectivity index (χ2v) is 7.15. The van der Waals surface area contributed by atoms with Crippen molar-refractivity contribution in [1.82, 2.24) is 15.5 Å². The van der Waals surface area contributed by atoms with Crippen LogP contribution in [-0.4, -0.2) is 63.9 Å². The Morgan fingerprint density at radius 3 is 2.75 bits per heavy atom. The highest BCUT2D eigenvalue weighted by molar-refractivity contribution is 14.0. The summed E-state index contributed by atoms with van der Waals surface area (Å²) < 4.78 is 11.3. The zero-order chi connectivity index (χ0) is 19.5. The molecule has 0 saturated carbocycles. The van der Waals surface area contributed by atoms with Crippen molar-refractivity contribution >= 4 is 29.9 Å². The largest absolute Gasteiger partial charge is 0.491 e. The minimum Gasteiger partial charge on any atom is -0.491 e. The van der Waals surface area contributed by atoms with Gasteiger partial charge < -0.3 is 25.0 Å². The normalized spacial score (nSPS) is 17.3. The maximum atomic E-state index is 5.92. The van der Waals surface area contributed by atoms with Gasteiger partial charge in [-0.2, -0.15) is 0 Å². The number of ether oxygens (including phenoxy) is 2. The molecule has 28 heavy (non-hydrogen) atoms. The van der Waals surface area contributed by atoms with Crippen LogP contribution in [0.4, 0.5) is 0 Å². The van der Waals surface area contributed by atoms with E-state index in [-0.39, 0.29) is 24.0 Å². The first kappa shape index (κ1) is 25.0. The Hall–Kier alpha value is -1.06. The lowest BCUT2D eigenvalue weighted by Crippen LogP contribution is -2.40. The van der Waals surface area contributed by atoms with Crippen molar-refractivity contribution < 1.29 is 9.47 Å². The number of nitrogens with one attached hydrogen (secondary N) is 2. The number of guanidine groups is 1. The number of nitrogens with zero attached hydrogens (tertiary/aromatic N) is 2. The second kappa shape index (κ2) is 14.0. The molecule has 0 spiro atoms. The van der Waals surface area contributed by atoms with Crippen molar-refractivity contribution in [3.63, 3.8) is 0 Å². The van der Waals surface area contributed by atoms with E-state index in [1.807, 2.05) is 6.92 Å². The highest BCUT2D eigenvalue weighted by Crippen LogP contribution is 2.21. The van der Waals surface area contributed by atoms with Crippen molar-refractivity contribution in [2.75, 3.05) is 53.0 Å². The van der Waals surface area contributed by atoms with E-state index in [9.17, 15) is 0 Å². The van der Waals surface area contributed by atoms with Crippen LogP contribution in [0.25, 0.3) is 0 Å². The molecule has 160 valence electrons. The molecule has 1 unspecified atom stereocenters. The van der Waals surface area contributed by atoms with Crippen LogP contribution in [0.3, 0.4) is 0 Å². The molecular weight excluding hydrogens is 467 g/mol. The Bertz CT molecular complexity index is 598. The summed E-state index contributed by atoms with van der Waals surface area (Å²) in [6.45, 7) is 12.8. The van der Waals surface area contributed by atoms with Crippen LogP contribution in [0.1, 0.15) is 31.4 Å². The van der Waals surface area contributed by atoms with Gasteiger partial charge in [-0.1, -0.05) is 12.1 Å². The van der Waals surface area contributed by atoms with Gasteiger partial charge in [0.2, 0.25) is 0 Å². The third-order valence-electron chi connectivity index (χ3n) is 4.71. The van der Waals surface area contributed by atoms with Crippen LogP contribution >= 0.6 is 24.0 Å². The fourth-order valence-electron chi connectivity index (χ4n) is 3.22. The van der Waals surface area contributed by atoms with Crippen LogP contribution in [0.15, 0.2) is 23.2 Å². The first-order chi connectivity index (χ1) is 13.1. The van der Waals surface area contributed by atoms with Gasteiger partial charge >= 0.3 is 0 Å². The van der Waals surface area contributed by atoms with E-state index in [1.165, 1.54) is 18.5 Å². The van der Waals surface area contributed by atoms with E-state index in [0.717, 1.165) is 36.9 Å². The molecule has 1 aliphatic heterocycles. The molecule has 1 aliphatic rings. The molecule has 6 nitrogen and oxygen atoms in total. The summed E-state index contributed by atoms with van der Waals surface area (Å²) in [4.78, 5) is 7.15. The highest BCUT2D eigenvalue weighted by atomic mass is 127. The summed E-state index contributed by atoms with van der Waals surface area (Å²) in [6, 6.07) is 6.28. The fourth-order valence-corrected chi connectivity index (χ4v) is 3.22. The number of rotatable bonds is 10. The van der Waals surface area contributed by atoms with Gasteiger partial charge in [0.15, 0.2) is 5.96 Å². The predicted octanol–water partition coefficient (Wildman–Crippen LogP) is 3.04. The second-order valence-electron chi connectivity index (χ2n) is 7.15. The third-order valence-corrected chi connectivity index (χ3v) is 4.71. The Labute approximate surface area is 187 Å². The van der Waals surface area contributed by atoms with Crippen LogP contribution in [0.5, 0.6) is 5.75 Å². The summed E-state index contributed by atoms with van der Waals surface area (Å²) in [5.74, 6) is 2.45. The van der Waals surface area contributed by atoms with Crippen LogP contribution in [0.2, 0.25) is 0 Å². The molecule has 7 heteroatoms. The standard InChI is InChI=1S/C21H36N4O2.HI/c1-5-22-21(23-14-18-9-10-25(4)16-18)24-15-19-8-7-17(3)13-20(19)27-12-11-26-6-2;/h7-8,13,18H,5-6,9-12,14-16H2,1-4H3,(H2,22,23,24);1H. The minimum atomic E-state index is 0. The number of likely N-dealkylation sites (tertiary alicyclic amines) is 1. The maximum absolute atomic E-state index is 5.92. The summed E-state index contributed by atoms with van der Waals surface area (Å²) >= 11 is 0. The number of aliphatic imine (C=N–C) groups is 1. The van der Waals surface area contributed by atoms with E-state index in [1.54, 1.807) is 0 Å². The Morgan fingerprint density at radius 1 is 1.25 bits per heavy atom. The Morgan fingerprint density at radius 2 is 2.07 bits per heavy atom. The average molecular weight is 504 g/mol. The van der Waals surface area contributed by atoms with E-state index < -0.39 is 0 Å². The lowest BCUT2D eigenvalue weighted by atomic mass is 10.1. The molecule has 0 radical (unpaired) electrons. The summed E-state index contributed by atoms with van der Waals surface area (Å²) in [5.41, 5.74) is 2.28. The molecule has 1 fully saturated rings. The van der Waals surface area contributed by atoms with Gasteiger partial charge in [0, 0.05) is 31.8 Å². The molecule has 2 rings (SSSR count). The molecular formula is C21H37IN4O2. The molecule has 1 aromatic carbocycles. The number of hydrogen-bond donors (Lipinski definition) is 2. The van der Waals surface area contributed by atoms with Gasteiger partial charge in [-0.05, 0) is 58.3 Å². The summed E-state index contributed by atoms with van der Waals surface area (Å²) in [7, 11) is 2.18. The van der Waals surface area contributed by atoms with Crippen LogP contribution < -0.4 is 15.4 Å². The van der Waals surface area contributed by atoms with E-state index >= 15 is 0 Å². The maximum Gasteiger partial charge on any atom is 0.191 e. The first-order valence-electron chi connectivity index (χ1n) is 10.1. The fraction of sp³-hybridized carbons (Fsp3) is 0.667. The topological polar surface area (TPSA) is 58.1 Å². The number of benzene rings is 1. The zero-order valence-electron chi connectivity index (χ0n) is 17.8. The molecule has 0 aromatic heterocycles. The third kappa shape index (κ3) is 8.96. The van der Waals surface area contributed by atoms with Crippen molar-refractivity contribution in [1.29, 1.82) is 0 Å². The van der Waals surface area contributed by atoms with Crippen LogP contribution in [-0.2, 0) is 11.3 Å². The van der Waals surface area contributed by atoms with Crippen molar-refractivity contribution in [3.05, 3.63) is 29.3 Å². The van der Waals surface area contributed by atoms with Crippen LogP contribution in [0, 0.1) is 12.8 Å². The van der Waals surface area contributed by atoms with Crippen molar-refractivity contribution in [2.45, 2.75) is 33.7 Å². The van der Waals surface area contributed by atoms with Gasteiger partial charge in [0.25, 0.3) is 0 Å². The average Bonchev–Trinajstić information content (AvgIpc) is 3.07.